The molecule has 31 heavy (non-hydrogen) atoms. The molecule has 3 aromatic rings. The van der Waals surface area contributed by atoms with Gasteiger partial charge in [0.05, 0.1) is 6.04 Å². The van der Waals surface area contributed by atoms with E-state index in [0.29, 0.717) is 16.7 Å². The van der Waals surface area contributed by atoms with Crippen molar-refractivity contribution in [2.75, 3.05) is 0 Å². The lowest BCUT2D eigenvalue weighted by molar-refractivity contribution is 0.441. The minimum Gasteiger partial charge on any atom is -0.360 e. The molecule has 0 bridgehead atoms. The molecule has 2 N–H and O–H groups in total. The highest BCUT2D eigenvalue weighted by Crippen LogP contribution is 2.43. The highest BCUT2D eigenvalue weighted by Gasteiger charge is 2.29. The minimum atomic E-state index is -0.465. The molecule has 0 aliphatic carbocycles. The van der Waals surface area contributed by atoms with Crippen LogP contribution >= 0.6 is 20.1 Å². The van der Waals surface area contributed by atoms with Gasteiger partial charge < -0.3 is 10.6 Å². The molecule has 2 nitrogen and oxygen atoms in total. The van der Waals surface area contributed by atoms with E-state index in [0.717, 1.165) is 0 Å². The highest BCUT2D eigenvalue weighted by molar-refractivity contribution is 7.80. The molecular weight excluding hydrogens is 415 g/mol. The first-order valence-corrected chi connectivity index (χ1v) is 12.8. The molecule has 3 aromatic carbocycles. The SMILES string of the molecule is C[C@H]([C@H](C)NC(=S)N[C@@H](C)c1ccccc1)[C@@H](C)P(c1ccccc1)c1ccccc1. The van der Waals surface area contributed by atoms with E-state index < -0.39 is 7.92 Å². The van der Waals surface area contributed by atoms with E-state index in [1.807, 2.05) is 6.07 Å². The molecule has 0 radical (unpaired) electrons. The largest absolute Gasteiger partial charge is 0.360 e. The van der Waals surface area contributed by atoms with Crippen LogP contribution in [0, 0.1) is 5.92 Å². The summed E-state index contributed by atoms with van der Waals surface area (Å²) >= 11 is 5.65. The van der Waals surface area contributed by atoms with Crippen molar-refractivity contribution in [3.8, 4) is 0 Å². The van der Waals surface area contributed by atoms with Crippen LogP contribution in [0.25, 0.3) is 0 Å². The van der Waals surface area contributed by atoms with Gasteiger partial charge in [0.1, 0.15) is 0 Å². The van der Waals surface area contributed by atoms with Crippen molar-refractivity contribution in [3.63, 3.8) is 0 Å². The molecular formula is C27H33N2PS. The van der Waals surface area contributed by atoms with Crippen molar-refractivity contribution in [1.29, 1.82) is 0 Å². The molecule has 0 aliphatic heterocycles. The average Bonchev–Trinajstić information content (AvgIpc) is 2.80. The summed E-state index contributed by atoms with van der Waals surface area (Å²) in [4.78, 5) is 0. The number of benzene rings is 3. The lowest BCUT2D eigenvalue weighted by atomic mass is 10.0. The quantitative estimate of drug-likeness (QED) is 0.339. The second-order valence-corrected chi connectivity index (χ2v) is 11.2. The summed E-state index contributed by atoms with van der Waals surface area (Å²) in [5.41, 5.74) is 1.73. The van der Waals surface area contributed by atoms with E-state index in [1.54, 1.807) is 0 Å². The van der Waals surface area contributed by atoms with Gasteiger partial charge in [-0.15, -0.1) is 0 Å². The third kappa shape index (κ3) is 6.38. The standard InChI is InChI=1S/C27H33N2PS/c1-20(21(2)28-27(31)29-22(3)24-14-8-5-9-15-24)23(4)30(25-16-10-6-11-17-25)26-18-12-7-13-19-26/h5-23H,1-4H3,(H2,28,29,31)/t20-,21+,22+,23-/m1/s1. The predicted octanol–water partition coefficient (Wildman–Crippen LogP) is 5.76. The molecule has 3 rings (SSSR count). The van der Waals surface area contributed by atoms with E-state index >= 15 is 0 Å². The maximum Gasteiger partial charge on any atom is 0.166 e. The van der Waals surface area contributed by atoms with Gasteiger partial charge in [-0.1, -0.05) is 105 Å². The Morgan fingerprint density at radius 1 is 0.677 bits per heavy atom. The van der Waals surface area contributed by atoms with Crippen LogP contribution in [0.5, 0.6) is 0 Å². The van der Waals surface area contributed by atoms with Crippen molar-refractivity contribution in [3.05, 3.63) is 96.6 Å². The van der Waals surface area contributed by atoms with Crippen LogP contribution in [0.1, 0.15) is 39.3 Å². The third-order valence-corrected chi connectivity index (χ3v) is 9.26. The van der Waals surface area contributed by atoms with Crippen LogP contribution in [0.2, 0.25) is 0 Å². The zero-order chi connectivity index (χ0) is 22.2. The fourth-order valence-corrected chi connectivity index (χ4v) is 7.17. The maximum atomic E-state index is 5.65. The summed E-state index contributed by atoms with van der Waals surface area (Å²) < 4.78 is 0. The summed E-state index contributed by atoms with van der Waals surface area (Å²) in [5, 5.41) is 10.6. The van der Waals surface area contributed by atoms with E-state index in [4.69, 9.17) is 12.2 Å². The second-order valence-electron chi connectivity index (χ2n) is 8.18. The Balaban J connectivity index is 1.69. The molecule has 0 unspecified atom stereocenters. The Kier molecular flexibility index (Phi) is 8.63. The van der Waals surface area contributed by atoms with Crippen LogP contribution in [0.3, 0.4) is 0 Å². The number of hydrogen-bond acceptors (Lipinski definition) is 1. The van der Waals surface area contributed by atoms with Crippen molar-refractivity contribution >= 4 is 35.9 Å². The zero-order valence-corrected chi connectivity index (χ0v) is 20.5. The van der Waals surface area contributed by atoms with E-state index in [-0.39, 0.29) is 12.1 Å². The number of nitrogens with one attached hydrogen (secondary N) is 2. The molecule has 0 aliphatic rings. The van der Waals surface area contributed by atoms with Crippen LogP contribution in [-0.2, 0) is 0 Å². The Morgan fingerprint density at radius 2 is 1.13 bits per heavy atom. The summed E-state index contributed by atoms with van der Waals surface area (Å²) in [6.45, 7) is 9.11. The Bertz CT molecular complexity index is 894. The van der Waals surface area contributed by atoms with E-state index in [2.05, 4.69) is 123 Å². The first-order chi connectivity index (χ1) is 15.0. The van der Waals surface area contributed by atoms with Gasteiger partial charge in [-0.2, -0.15) is 0 Å². The number of thiocarbonyl (C=S) groups is 1. The lowest BCUT2D eigenvalue weighted by Gasteiger charge is -2.34. The van der Waals surface area contributed by atoms with Crippen LogP contribution in [0.4, 0.5) is 0 Å². The summed E-state index contributed by atoms with van der Waals surface area (Å²) in [7, 11) is -0.465. The van der Waals surface area contributed by atoms with Gasteiger partial charge in [0.25, 0.3) is 0 Å². The molecule has 0 aromatic heterocycles. The van der Waals surface area contributed by atoms with E-state index in [1.165, 1.54) is 16.2 Å². The normalized spacial score (nSPS) is 15.0. The molecule has 0 fully saturated rings. The number of hydrogen-bond donors (Lipinski definition) is 2. The highest BCUT2D eigenvalue weighted by atomic mass is 32.1. The molecule has 4 atom stereocenters. The Labute approximate surface area is 194 Å². The van der Waals surface area contributed by atoms with Crippen molar-refractivity contribution in [2.45, 2.75) is 45.4 Å². The van der Waals surface area contributed by atoms with Gasteiger partial charge in [0, 0.05) is 6.04 Å². The fraction of sp³-hybridized carbons (Fsp3) is 0.296. The molecule has 0 saturated heterocycles. The molecule has 0 saturated carbocycles. The maximum absolute atomic E-state index is 5.65. The molecule has 162 valence electrons. The second kappa shape index (κ2) is 11.4. The smallest absolute Gasteiger partial charge is 0.166 e. The number of rotatable bonds is 8. The van der Waals surface area contributed by atoms with Gasteiger partial charge in [0.2, 0.25) is 0 Å². The predicted molar refractivity (Wildman–Crippen MR) is 141 cm³/mol. The summed E-state index contributed by atoms with van der Waals surface area (Å²) in [5.74, 6) is 0.443. The monoisotopic (exact) mass is 448 g/mol. The van der Waals surface area contributed by atoms with Crippen molar-refractivity contribution < 1.29 is 0 Å². The summed E-state index contributed by atoms with van der Waals surface area (Å²) in [6, 6.07) is 32.7. The minimum absolute atomic E-state index is 0.173. The Morgan fingerprint density at radius 3 is 1.61 bits per heavy atom. The van der Waals surface area contributed by atoms with Gasteiger partial charge in [-0.3, -0.25) is 0 Å². The van der Waals surface area contributed by atoms with Gasteiger partial charge in [0.15, 0.2) is 5.11 Å². The summed E-state index contributed by atoms with van der Waals surface area (Å²) in [6.07, 6.45) is 0. The van der Waals surface area contributed by atoms with Crippen molar-refractivity contribution in [2.24, 2.45) is 5.92 Å². The molecule has 0 amide bonds. The van der Waals surface area contributed by atoms with Crippen LogP contribution in [-0.4, -0.2) is 16.8 Å². The van der Waals surface area contributed by atoms with Gasteiger partial charge >= 0.3 is 0 Å². The fourth-order valence-electron chi connectivity index (χ4n) is 3.85. The first-order valence-electron chi connectivity index (χ1n) is 11.0. The average molecular weight is 449 g/mol. The van der Waals surface area contributed by atoms with Gasteiger partial charge in [-0.25, -0.2) is 0 Å². The zero-order valence-electron chi connectivity index (χ0n) is 18.8. The van der Waals surface area contributed by atoms with Crippen LogP contribution < -0.4 is 21.2 Å². The molecule has 0 spiro atoms. The first kappa shape index (κ1) is 23.4. The molecule has 0 heterocycles. The molecule has 4 heteroatoms. The van der Waals surface area contributed by atoms with Crippen molar-refractivity contribution in [1.82, 2.24) is 10.6 Å². The van der Waals surface area contributed by atoms with Crippen LogP contribution in [0.15, 0.2) is 91.0 Å². The Hall–Kier alpha value is -2.22. The van der Waals surface area contributed by atoms with E-state index in [9.17, 15) is 0 Å². The lowest BCUT2D eigenvalue weighted by Crippen LogP contribution is -2.46. The topological polar surface area (TPSA) is 24.1 Å². The third-order valence-electron chi connectivity index (χ3n) is 6.03. The van der Waals surface area contributed by atoms with Gasteiger partial charge in [-0.05, 0) is 61.7 Å².